The molecule has 0 radical (unpaired) electrons. The number of carbonyl (C=O) groups excluding carboxylic acids is 2. The molecular formula is C9H6Br2O2. The van der Waals surface area contributed by atoms with Gasteiger partial charge in [-0.05, 0) is 50.9 Å². The summed E-state index contributed by atoms with van der Waals surface area (Å²) in [7, 11) is 0. The number of hydrogen-bond donors (Lipinski definition) is 0. The van der Waals surface area contributed by atoms with Gasteiger partial charge in [-0.1, -0.05) is 0 Å². The van der Waals surface area contributed by atoms with Crippen LogP contribution in [0.15, 0.2) is 21.1 Å². The molecule has 0 amide bonds. The van der Waals surface area contributed by atoms with Crippen LogP contribution in [0.5, 0.6) is 0 Å². The summed E-state index contributed by atoms with van der Waals surface area (Å²) in [6, 6.07) is 3.22. The number of rotatable bonds is 2. The number of carbonyl (C=O) groups is 2. The van der Waals surface area contributed by atoms with Crippen molar-refractivity contribution < 1.29 is 9.59 Å². The number of ketones is 1. The van der Waals surface area contributed by atoms with E-state index in [2.05, 4.69) is 31.9 Å². The highest BCUT2D eigenvalue weighted by molar-refractivity contribution is 9.13. The normalized spacial score (nSPS) is 9.77. The number of benzene rings is 1. The Labute approximate surface area is 92.6 Å². The molecule has 0 spiro atoms. The lowest BCUT2D eigenvalue weighted by atomic mass is 10.1. The summed E-state index contributed by atoms with van der Waals surface area (Å²) in [6.45, 7) is 1.46. The van der Waals surface area contributed by atoms with Crippen LogP contribution < -0.4 is 0 Å². The molecule has 0 unspecified atom stereocenters. The second-order valence-corrected chi connectivity index (χ2v) is 4.19. The summed E-state index contributed by atoms with van der Waals surface area (Å²) in [5.74, 6) is -0.0729. The Kier molecular flexibility index (Phi) is 3.39. The fourth-order valence-electron chi connectivity index (χ4n) is 0.934. The Balaban J connectivity index is 3.41. The minimum absolute atomic E-state index is 0.0729. The highest BCUT2D eigenvalue weighted by Crippen LogP contribution is 2.28. The first kappa shape index (κ1) is 10.6. The van der Waals surface area contributed by atoms with Crippen molar-refractivity contribution in [1.29, 1.82) is 0 Å². The van der Waals surface area contributed by atoms with E-state index in [0.29, 0.717) is 26.4 Å². The Morgan fingerprint density at radius 3 is 2.46 bits per heavy atom. The highest BCUT2D eigenvalue weighted by Gasteiger charge is 2.09. The van der Waals surface area contributed by atoms with Crippen molar-refractivity contribution in [3.05, 3.63) is 32.2 Å². The third-order valence-electron chi connectivity index (χ3n) is 1.57. The summed E-state index contributed by atoms with van der Waals surface area (Å²) in [5.41, 5.74) is 0.997. The van der Waals surface area contributed by atoms with Crippen LogP contribution in [0.2, 0.25) is 0 Å². The number of halogens is 2. The molecular weight excluding hydrogens is 300 g/mol. The predicted octanol–water partition coefficient (Wildman–Crippen LogP) is 3.23. The zero-order chi connectivity index (χ0) is 10.0. The molecule has 0 bridgehead atoms. The molecule has 1 rings (SSSR count). The van der Waals surface area contributed by atoms with Crippen LogP contribution in [0.4, 0.5) is 0 Å². The fraction of sp³-hybridized carbons (Fsp3) is 0.111. The van der Waals surface area contributed by atoms with Crippen LogP contribution in [0.3, 0.4) is 0 Å². The van der Waals surface area contributed by atoms with Crippen molar-refractivity contribution >= 4 is 43.9 Å². The molecule has 0 saturated heterocycles. The SMILES string of the molecule is CC(=O)c1cc(C=O)cc(Br)c1Br. The second-order valence-electron chi connectivity index (χ2n) is 2.54. The standard InChI is InChI=1S/C9H6Br2O2/c1-5(13)7-2-6(4-12)3-8(10)9(7)11/h2-4H,1H3. The molecule has 4 heteroatoms. The molecule has 1 aromatic rings. The first-order valence-electron chi connectivity index (χ1n) is 3.51. The van der Waals surface area contributed by atoms with E-state index in [1.807, 2.05) is 0 Å². The number of aldehydes is 1. The van der Waals surface area contributed by atoms with Crippen LogP contribution >= 0.6 is 31.9 Å². The quantitative estimate of drug-likeness (QED) is 0.621. The van der Waals surface area contributed by atoms with Gasteiger partial charge in [-0.15, -0.1) is 0 Å². The van der Waals surface area contributed by atoms with E-state index >= 15 is 0 Å². The highest BCUT2D eigenvalue weighted by atomic mass is 79.9. The smallest absolute Gasteiger partial charge is 0.160 e. The van der Waals surface area contributed by atoms with Crippen molar-refractivity contribution in [1.82, 2.24) is 0 Å². The average Bonchev–Trinajstić information content (AvgIpc) is 2.09. The van der Waals surface area contributed by atoms with E-state index in [9.17, 15) is 9.59 Å². The molecule has 0 aliphatic rings. The van der Waals surface area contributed by atoms with E-state index in [0.717, 1.165) is 0 Å². The van der Waals surface area contributed by atoms with Crippen LogP contribution in [0.25, 0.3) is 0 Å². The van der Waals surface area contributed by atoms with E-state index in [1.54, 1.807) is 12.1 Å². The monoisotopic (exact) mass is 304 g/mol. The number of hydrogen-bond acceptors (Lipinski definition) is 2. The molecule has 0 aromatic heterocycles. The Morgan fingerprint density at radius 1 is 1.38 bits per heavy atom. The maximum absolute atomic E-state index is 11.1. The third kappa shape index (κ3) is 2.25. The van der Waals surface area contributed by atoms with Gasteiger partial charge in [0.1, 0.15) is 6.29 Å². The van der Waals surface area contributed by atoms with Gasteiger partial charge in [-0.3, -0.25) is 9.59 Å². The largest absolute Gasteiger partial charge is 0.298 e. The molecule has 0 atom stereocenters. The fourth-order valence-corrected chi connectivity index (χ4v) is 1.92. The lowest BCUT2D eigenvalue weighted by Gasteiger charge is -2.03. The Bertz CT molecular complexity index is 372. The second kappa shape index (κ2) is 4.15. The van der Waals surface area contributed by atoms with Gasteiger partial charge in [0, 0.05) is 20.1 Å². The zero-order valence-corrected chi connectivity index (χ0v) is 9.98. The van der Waals surface area contributed by atoms with Crippen molar-refractivity contribution in [3.8, 4) is 0 Å². The summed E-state index contributed by atoms with van der Waals surface area (Å²) in [5, 5.41) is 0. The molecule has 68 valence electrons. The van der Waals surface area contributed by atoms with Gasteiger partial charge < -0.3 is 0 Å². The molecule has 2 nitrogen and oxygen atoms in total. The molecule has 1 aromatic carbocycles. The van der Waals surface area contributed by atoms with Gasteiger partial charge in [-0.25, -0.2) is 0 Å². The molecule has 0 heterocycles. The van der Waals surface area contributed by atoms with Crippen molar-refractivity contribution in [2.75, 3.05) is 0 Å². The summed E-state index contributed by atoms with van der Waals surface area (Å²) in [6.07, 6.45) is 0.712. The van der Waals surface area contributed by atoms with Gasteiger partial charge in [0.2, 0.25) is 0 Å². The van der Waals surface area contributed by atoms with Crippen LogP contribution in [-0.2, 0) is 0 Å². The topological polar surface area (TPSA) is 34.1 Å². The molecule has 0 aliphatic heterocycles. The van der Waals surface area contributed by atoms with E-state index in [4.69, 9.17) is 0 Å². The van der Waals surface area contributed by atoms with E-state index < -0.39 is 0 Å². The first-order valence-corrected chi connectivity index (χ1v) is 5.10. The molecule has 0 fully saturated rings. The van der Waals surface area contributed by atoms with Gasteiger partial charge >= 0.3 is 0 Å². The van der Waals surface area contributed by atoms with Crippen LogP contribution in [-0.4, -0.2) is 12.1 Å². The Hall–Kier alpha value is -0.480. The first-order chi connectivity index (χ1) is 6.06. The van der Waals surface area contributed by atoms with Gasteiger partial charge in [0.25, 0.3) is 0 Å². The average molecular weight is 306 g/mol. The molecule has 0 saturated carbocycles. The van der Waals surface area contributed by atoms with Crippen LogP contribution in [0.1, 0.15) is 27.6 Å². The molecule has 13 heavy (non-hydrogen) atoms. The van der Waals surface area contributed by atoms with Crippen molar-refractivity contribution in [2.24, 2.45) is 0 Å². The summed E-state index contributed by atoms with van der Waals surface area (Å²) in [4.78, 5) is 21.6. The molecule has 0 aliphatic carbocycles. The Morgan fingerprint density at radius 2 is 2.00 bits per heavy atom. The maximum atomic E-state index is 11.1. The van der Waals surface area contributed by atoms with Crippen molar-refractivity contribution in [2.45, 2.75) is 6.92 Å². The summed E-state index contributed by atoms with van der Waals surface area (Å²) < 4.78 is 1.40. The van der Waals surface area contributed by atoms with E-state index in [-0.39, 0.29) is 5.78 Å². The maximum Gasteiger partial charge on any atom is 0.160 e. The van der Waals surface area contributed by atoms with Gasteiger partial charge in [-0.2, -0.15) is 0 Å². The lowest BCUT2D eigenvalue weighted by Crippen LogP contribution is -1.96. The number of Topliss-reactive ketones (excluding diaryl/α,β-unsaturated/α-hetero) is 1. The lowest BCUT2D eigenvalue weighted by molar-refractivity contribution is 0.101. The minimum atomic E-state index is -0.0729. The van der Waals surface area contributed by atoms with Gasteiger partial charge in [0.05, 0.1) is 0 Å². The summed E-state index contributed by atoms with van der Waals surface area (Å²) >= 11 is 6.51. The van der Waals surface area contributed by atoms with Crippen LogP contribution in [0, 0.1) is 0 Å². The third-order valence-corrected chi connectivity index (χ3v) is 3.58. The predicted molar refractivity (Wildman–Crippen MR) is 57.2 cm³/mol. The van der Waals surface area contributed by atoms with Crippen molar-refractivity contribution in [3.63, 3.8) is 0 Å². The minimum Gasteiger partial charge on any atom is -0.298 e. The van der Waals surface area contributed by atoms with Gasteiger partial charge in [0.15, 0.2) is 5.78 Å². The molecule has 0 N–H and O–H groups in total. The van der Waals surface area contributed by atoms with E-state index in [1.165, 1.54) is 6.92 Å². The zero-order valence-electron chi connectivity index (χ0n) is 6.80.